The summed E-state index contributed by atoms with van der Waals surface area (Å²) in [6, 6.07) is 14.4. The van der Waals surface area contributed by atoms with Gasteiger partial charge in [-0.3, -0.25) is 9.59 Å². The maximum atomic E-state index is 12.5. The molecule has 2 aromatic rings. The van der Waals surface area contributed by atoms with Crippen LogP contribution in [0.1, 0.15) is 40.5 Å². The number of carbonyl (C=O) groups excluding carboxylic acids is 2. The van der Waals surface area contributed by atoms with E-state index in [9.17, 15) is 9.59 Å². The van der Waals surface area contributed by atoms with Crippen LogP contribution in [-0.4, -0.2) is 42.3 Å². The van der Waals surface area contributed by atoms with E-state index in [-0.39, 0.29) is 17.7 Å². The van der Waals surface area contributed by atoms with Crippen molar-refractivity contribution in [2.45, 2.75) is 25.8 Å². The van der Waals surface area contributed by atoms with E-state index in [0.717, 1.165) is 25.4 Å². The molecule has 3 atom stereocenters. The predicted octanol–water partition coefficient (Wildman–Crippen LogP) is 3.51. The van der Waals surface area contributed by atoms with Crippen LogP contribution in [0.15, 0.2) is 48.5 Å². The lowest BCUT2D eigenvalue weighted by Crippen LogP contribution is -2.46. The third-order valence-corrected chi connectivity index (χ3v) is 5.41. The quantitative estimate of drug-likeness (QED) is 0.825. The zero-order valence-corrected chi connectivity index (χ0v) is 15.5. The van der Waals surface area contributed by atoms with E-state index in [1.165, 1.54) is 19.9 Å². The van der Waals surface area contributed by atoms with E-state index in [4.69, 9.17) is 4.74 Å². The van der Waals surface area contributed by atoms with Gasteiger partial charge in [-0.05, 0) is 80.8 Å². The molecule has 1 amide bonds. The van der Waals surface area contributed by atoms with E-state index in [1.807, 2.05) is 0 Å². The molecular weight excluding hydrogens is 340 g/mol. The topological polar surface area (TPSA) is 58.6 Å². The molecule has 1 unspecified atom stereocenters. The van der Waals surface area contributed by atoms with Gasteiger partial charge in [0.05, 0.1) is 0 Å². The second-order valence-electron chi connectivity index (χ2n) is 7.53. The number of amides is 1. The van der Waals surface area contributed by atoms with Gasteiger partial charge in [0.25, 0.3) is 5.91 Å². The Morgan fingerprint density at radius 2 is 1.59 bits per heavy atom. The van der Waals surface area contributed by atoms with Crippen molar-refractivity contribution in [1.82, 2.24) is 10.2 Å². The number of hydrogen-bond donors (Lipinski definition) is 1. The van der Waals surface area contributed by atoms with Gasteiger partial charge in [-0.1, -0.05) is 0 Å². The second kappa shape index (κ2) is 7.53. The van der Waals surface area contributed by atoms with Gasteiger partial charge in [0.1, 0.15) is 11.5 Å². The Bertz CT molecular complexity index is 818. The van der Waals surface area contributed by atoms with E-state index < -0.39 is 0 Å². The monoisotopic (exact) mass is 364 g/mol. The van der Waals surface area contributed by atoms with Crippen LogP contribution < -0.4 is 10.1 Å². The first-order valence-electron chi connectivity index (χ1n) is 9.49. The van der Waals surface area contributed by atoms with Gasteiger partial charge in [-0.25, -0.2) is 0 Å². The fourth-order valence-corrected chi connectivity index (χ4v) is 4.00. The molecule has 2 bridgehead atoms. The molecule has 0 saturated carbocycles. The van der Waals surface area contributed by atoms with Crippen molar-refractivity contribution in [2.75, 3.05) is 19.6 Å². The molecule has 2 fully saturated rings. The molecule has 0 aliphatic carbocycles. The van der Waals surface area contributed by atoms with Gasteiger partial charge in [-0.15, -0.1) is 0 Å². The van der Waals surface area contributed by atoms with Crippen molar-refractivity contribution >= 4 is 11.7 Å². The highest BCUT2D eigenvalue weighted by Gasteiger charge is 2.32. The van der Waals surface area contributed by atoms with E-state index in [1.54, 1.807) is 48.5 Å². The van der Waals surface area contributed by atoms with Crippen LogP contribution in [0, 0.1) is 5.92 Å². The first-order valence-corrected chi connectivity index (χ1v) is 9.49. The number of fused-ring (bicyclic) bond motifs is 2. The number of ether oxygens (including phenoxy) is 1. The lowest BCUT2D eigenvalue weighted by Gasteiger charge is -2.30. The molecule has 0 spiro atoms. The van der Waals surface area contributed by atoms with Crippen LogP contribution in [-0.2, 0) is 0 Å². The standard InChI is InChI=1S/C22H24N2O3/c1-15(25)17-2-6-20(7-3-17)27-21-8-4-18(5-9-21)22(26)23-19-12-16-10-11-24(13-16)14-19/h2-9,16,19H,10-14H2,1H3,(H,23,26)/t16-,19-/m1/s1. The average Bonchev–Trinajstić information content (AvgIpc) is 3.01. The number of nitrogens with one attached hydrogen (secondary N) is 1. The van der Waals surface area contributed by atoms with Crippen LogP contribution in [0.4, 0.5) is 0 Å². The maximum Gasteiger partial charge on any atom is 0.251 e. The molecule has 0 radical (unpaired) electrons. The summed E-state index contributed by atoms with van der Waals surface area (Å²) in [6.07, 6.45) is 2.34. The molecule has 0 aromatic heterocycles. The molecular formula is C22H24N2O3. The smallest absolute Gasteiger partial charge is 0.251 e. The number of carbonyl (C=O) groups is 2. The lowest BCUT2D eigenvalue weighted by atomic mass is 9.96. The van der Waals surface area contributed by atoms with Crippen LogP contribution in [0.3, 0.4) is 0 Å². The van der Waals surface area contributed by atoms with Crippen LogP contribution in [0.5, 0.6) is 11.5 Å². The molecule has 2 saturated heterocycles. The third kappa shape index (κ3) is 4.19. The number of Topliss-reactive ketones (excluding diaryl/α,β-unsaturated/α-hetero) is 1. The van der Waals surface area contributed by atoms with Gasteiger partial charge in [0, 0.05) is 30.3 Å². The van der Waals surface area contributed by atoms with Crippen LogP contribution in [0.25, 0.3) is 0 Å². The number of nitrogens with zero attached hydrogens (tertiary/aromatic N) is 1. The fourth-order valence-electron chi connectivity index (χ4n) is 4.00. The summed E-state index contributed by atoms with van der Waals surface area (Å²) in [5.41, 5.74) is 1.30. The fraction of sp³-hybridized carbons (Fsp3) is 0.364. The molecule has 27 heavy (non-hydrogen) atoms. The summed E-state index contributed by atoms with van der Waals surface area (Å²) in [7, 11) is 0. The van der Waals surface area contributed by atoms with Gasteiger partial charge in [0.2, 0.25) is 0 Å². The van der Waals surface area contributed by atoms with Gasteiger partial charge >= 0.3 is 0 Å². The van der Waals surface area contributed by atoms with Crippen molar-refractivity contribution in [1.29, 1.82) is 0 Å². The van der Waals surface area contributed by atoms with Crippen LogP contribution in [0.2, 0.25) is 0 Å². The van der Waals surface area contributed by atoms with Crippen LogP contribution >= 0.6 is 0 Å². The minimum Gasteiger partial charge on any atom is -0.457 e. The number of benzene rings is 2. The Hall–Kier alpha value is -2.66. The van der Waals surface area contributed by atoms with Crippen molar-refractivity contribution in [2.24, 2.45) is 5.92 Å². The number of hydrogen-bond acceptors (Lipinski definition) is 4. The molecule has 5 nitrogen and oxygen atoms in total. The minimum absolute atomic E-state index is 0.0275. The Balaban J connectivity index is 1.35. The summed E-state index contributed by atoms with van der Waals surface area (Å²) in [4.78, 5) is 26.3. The molecule has 2 aromatic carbocycles. The van der Waals surface area contributed by atoms with Gasteiger partial charge in [-0.2, -0.15) is 0 Å². The normalized spacial score (nSPS) is 23.7. The summed E-state index contributed by atoms with van der Waals surface area (Å²) < 4.78 is 5.78. The number of piperidine rings is 1. The molecule has 2 aliphatic rings. The van der Waals surface area contributed by atoms with Gasteiger partial charge < -0.3 is 15.0 Å². The number of rotatable bonds is 5. The van der Waals surface area contributed by atoms with E-state index in [0.29, 0.717) is 22.6 Å². The molecule has 5 heteroatoms. The Morgan fingerprint density at radius 3 is 2.19 bits per heavy atom. The first kappa shape index (κ1) is 17.7. The molecule has 140 valence electrons. The summed E-state index contributed by atoms with van der Waals surface area (Å²) >= 11 is 0. The molecule has 4 rings (SSSR count). The summed E-state index contributed by atoms with van der Waals surface area (Å²) in [5, 5.41) is 3.17. The maximum absolute atomic E-state index is 12.5. The molecule has 2 heterocycles. The Morgan fingerprint density at radius 1 is 0.963 bits per heavy atom. The van der Waals surface area contributed by atoms with E-state index >= 15 is 0 Å². The van der Waals surface area contributed by atoms with E-state index in [2.05, 4.69) is 10.2 Å². The highest BCUT2D eigenvalue weighted by Crippen LogP contribution is 2.27. The highest BCUT2D eigenvalue weighted by molar-refractivity contribution is 5.94. The largest absolute Gasteiger partial charge is 0.457 e. The SMILES string of the molecule is CC(=O)c1ccc(Oc2ccc(C(=O)N[C@@H]3C[C@H]4CCN(C4)C3)cc2)cc1. The zero-order chi connectivity index (χ0) is 18.8. The lowest BCUT2D eigenvalue weighted by molar-refractivity contribution is 0.0908. The minimum atomic E-state index is -0.0279. The number of ketones is 1. The predicted molar refractivity (Wildman–Crippen MR) is 103 cm³/mol. The third-order valence-electron chi connectivity index (χ3n) is 5.41. The van der Waals surface area contributed by atoms with Crippen molar-refractivity contribution in [3.8, 4) is 11.5 Å². The van der Waals surface area contributed by atoms with Crippen molar-refractivity contribution < 1.29 is 14.3 Å². The average molecular weight is 364 g/mol. The van der Waals surface area contributed by atoms with Gasteiger partial charge in [0.15, 0.2) is 5.78 Å². The zero-order valence-electron chi connectivity index (χ0n) is 15.5. The highest BCUT2D eigenvalue weighted by atomic mass is 16.5. The van der Waals surface area contributed by atoms with Crippen molar-refractivity contribution in [3.63, 3.8) is 0 Å². The first-order chi connectivity index (χ1) is 13.1. The Labute approximate surface area is 159 Å². The Kier molecular flexibility index (Phi) is 4.94. The summed E-state index contributed by atoms with van der Waals surface area (Å²) in [6.45, 7) is 4.84. The summed E-state index contributed by atoms with van der Waals surface area (Å²) in [5.74, 6) is 2.04. The molecule has 1 N–H and O–H groups in total. The second-order valence-corrected chi connectivity index (χ2v) is 7.53. The molecule has 2 aliphatic heterocycles. The van der Waals surface area contributed by atoms with Crippen molar-refractivity contribution in [3.05, 3.63) is 59.7 Å².